The molecule has 0 fully saturated rings. The van der Waals surface area contributed by atoms with Crippen LogP contribution >= 0.6 is 0 Å². The Morgan fingerprint density at radius 2 is 2.00 bits per heavy atom. The van der Waals surface area contributed by atoms with Crippen molar-refractivity contribution >= 4 is 5.91 Å². The average molecular weight is 285 g/mol. The van der Waals surface area contributed by atoms with Crippen molar-refractivity contribution in [2.75, 3.05) is 6.54 Å². The first-order valence-electron chi connectivity index (χ1n) is 6.65. The number of rotatable bonds is 5. The minimum absolute atomic E-state index is 0.0106. The van der Waals surface area contributed by atoms with E-state index in [0.717, 1.165) is 12.5 Å². The number of aliphatic hydroxyl groups is 1. The molecule has 1 rings (SSSR count). The average Bonchev–Trinajstić information content (AvgIpc) is 2.39. The molecule has 5 heteroatoms. The van der Waals surface area contributed by atoms with Crippen molar-refractivity contribution < 1.29 is 18.7 Å². The number of hydrogen-bond donors (Lipinski definition) is 2. The molecule has 0 bridgehead atoms. The maximum Gasteiger partial charge on any atom is 0.254 e. The molecule has 0 aliphatic rings. The number of nitrogens with one attached hydrogen (secondary N) is 1. The third kappa shape index (κ3) is 3.76. The highest BCUT2D eigenvalue weighted by Crippen LogP contribution is 2.19. The summed E-state index contributed by atoms with van der Waals surface area (Å²) in [6.07, 6.45) is 0.757. The van der Waals surface area contributed by atoms with Gasteiger partial charge in [-0.25, -0.2) is 8.78 Å². The van der Waals surface area contributed by atoms with E-state index in [1.165, 1.54) is 6.92 Å². The second-order valence-corrected chi connectivity index (χ2v) is 5.43. The van der Waals surface area contributed by atoms with Crippen LogP contribution in [0.5, 0.6) is 0 Å². The van der Waals surface area contributed by atoms with Crippen LogP contribution in [0.4, 0.5) is 8.78 Å². The lowest BCUT2D eigenvalue weighted by Crippen LogP contribution is -2.45. The summed E-state index contributed by atoms with van der Waals surface area (Å²) in [4.78, 5) is 11.9. The van der Waals surface area contributed by atoms with Gasteiger partial charge in [-0.15, -0.1) is 0 Å². The fourth-order valence-electron chi connectivity index (χ4n) is 1.80. The number of amides is 1. The lowest BCUT2D eigenvalue weighted by Gasteiger charge is -2.29. The lowest BCUT2D eigenvalue weighted by molar-refractivity contribution is 0.00588. The van der Waals surface area contributed by atoms with Gasteiger partial charge in [-0.2, -0.15) is 0 Å². The first-order valence-corrected chi connectivity index (χ1v) is 6.65. The molecule has 1 amide bonds. The molecule has 0 saturated heterocycles. The predicted molar refractivity (Wildman–Crippen MR) is 73.5 cm³/mol. The van der Waals surface area contributed by atoms with Crippen molar-refractivity contribution in [3.05, 3.63) is 34.9 Å². The molecule has 2 atom stereocenters. The zero-order valence-electron chi connectivity index (χ0n) is 12.3. The van der Waals surface area contributed by atoms with Crippen LogP contribution in [0.3, 0.4) is 0 Å². The standard InChI is InChI=1S/C15H21F2NO2/c1-5-10(3)15(4,20)8-18-14(19)11-6-9(2)12(16)7-13(11)17/h6-7,10,20H,5,8H2,1-4H3,(H,18,19). The molecular weight excluding hydrogens is 264 g/mol. The van der Waals surface area contributed by atoms with Gasteiger partial charge < -0.3 is 10.4 Å². The Labute approximate surface area is 118 Å². The summed E-state index contributed by atoms with van der Waals surface area (Å²) in [7, 11) is 0. The number of aryl methyl sites for hydroxylation is 1. The van der Waals surface area contributed by atoms with E-state index in [9.17, 15) is 18.7 Å². The number of hydrogen-bond acceptors (Lipinski definition) is 2. The van der Waals surface area contributed by atoms with Crippen molar-refractivity contribution in [1.29, 1.82) is 0 Å². The number of benzene rings is 1. The molecule has 3 nitrogen and oxygen atoms in total. The Balaban J connectivity index is 2.80. The fourth-order valence-corrected chi connectivity index (χ4v) is 1.80. The molecule has 1 aromatic rings. The van der Waals surface area contributed by atoms with Crippen LogP contribution in [0.1, 0.15) is 43.1 Å². The largest absolute Gasteiger partial charge is 0.388 e. The summed E-state index contributed by atoms with van der Waals surface area (Å²) in [6, 6.07) is 1.86. The minimum Gasteiger partial charge on any atom is -0.388 e. The summed E-state index contributed by atoms with van der Waals surface area (Å²) >= 11 is 0. The second-order valence-electron chi connectivity index (χ2n) is 5.43. The van der Waals surface area contributed by atoms with Gasteiger partial charge in [-0.1, -0.05) is 20.3 Å². The molecule has 0 spiro atoms. The van der Waals surface area contributed by atoms with Gasteiger partial charge >= 0.3 is 0 Å². The third-order valence-corrected chi connectivity index (χ3v) is 3.77. The molecule has 0 aliphatic heterocycles. The molecule has 2 N–H and O–H groups in total. The monoisotopic (exact) mass is 285 g/mol. The smallest absolute Gasteiger partial charge is 0.254 e. The van der Waals surface area contributed by atoms with Crippen LogP contribution in [0, 0.1) is 24.5 Å². The van der Waals surface area contributed by atoms with Crippen molar-refractivity contribution in [1.82, 2.24) is 5.32 Å². The highest BCUT2D eigenvalue weighted by molar-refractivity contribution is 5.94. The summed E-state index contributed by atoms with van der Waals surface area (Å²) in [5, 5.41) is 12.7. The molecule has 0 radical (unpaired) electrons. The zero-order valence-corrected chi connectivity index (χ0v) is 12.3. The summed E-state index contributed by atoms with van der Waals surface area (Å²) in [5.74, 6) is -2.27. The van der Waals surface area contributed by atoms with Crippen LogP contribution in [-0.2, 0) is 0 Å². The topological polar surface area (TPSA) is 49.3 Å². The normalized spacial score (nSPS) is 15.6. The van der Waals surface area contributed by atoms with Crippen molar-refractivity contribution in [3.63, 3.8) is 0 Å². The third-order valence-electron chi connectivity index (χ3n) is 3.77. The quantitative estimate of drug-likeness (QED) is 0.874. The second kappa shape index (κ2) is 6.31. The van der Waals surface area contributed by atoms with E-state index in [-0.39, 0.29) is 23.6 Å². The molecule has 0 saturated carbocycles. The molecule has 0 aliphatic carbocycles. The van der Waals surface area contributed by atoms with E-state index >= 15 is 0 Å². The van der Waals surface area contributed by atoms with E-state index in [0.29, 0.717) is 6.07 Å². The number of carbonyl (C=O) groups is 1. The van der Waals surface area contributed by atoms with Crippen molar-refractivity contribution in [3.8, 4) is 0 Å². The maximum atomic E-state index is 13.6. The number of carbonyl (C=O) groups excluding carboxylic acids is 1. The van der Waals surface area contributed by atoms with E-state index in [4.69, 9.17) is 0 Å². The summed E-state index contributed by atoms with van der Waals surface area (Å²) < 4.78 is 26.7. The van der Waals surface area contributed by atoms with Gasteiger partial charge in [-0.3, -0.25) is 4.79 Å². The zero-order chi connectivity index (χ0) is 15.5. The SMILES string of the molecule is CCC(C)C(C)(O)CNC(=O)c1cc(C)c(F)cc1F. The lowest BCUT2D eigenvalue weighted by atomic mass is 9.88. The predicted octanol–water partition coefficient (Wildman–Crippen LogP) is 2.80. The van der Waals surface area contributed by atoms with Gasteiger partial charge in [0.2, 0.25) is 0 Å². The first kappa shape index (κ1) is 16.6. The Hall–Kier alpha value is -1.49. The molecule has 0 heterocycles. The van der Waals surface area contributed by atoms with Gasteiger partial charge in [0.25, 0.3) is 5.91 Å². The minimum atomic E-state index is -1.07. The highest BCUT2D eigenvalue weighted by Gasteiger charge is 2.28. The van der Waals surface area contributed by atoms with Gasteiger partial charge in [0.15, 0.2) is 0 Å². The molecule has 112 valence electrons. The highest BCUT2D eigenvalue weighted by atomic mass is 19.1. The van der Waals surface area contributed by atoms with Crippen molar-refractivity contribution in [2.24, 2.45) is 5.92 Å². The molecule has 1 aromatic carbocycles. The van der Waals surface area contributed by atoms with Crippen LogP contribution in [0.2, 0.25) is 0 Å². The van der Waals surface area contributed by atoms with E-state index < -0.39 is 23.1 Å². The molecule has 2 unspecified atom stereocenters. The number of halogens is 2. The van der Waals surface area contributed by atoms with Gasteiger partial charge in [0, 0.05) is 12.6 Å². The van der Waals surface area contributed by atoms with E-state index in [1.54, 1.807) is 6.92 Å². The van der Waals surface area contributed by atoms with Crippen LogP contribution < -0.4 is 5.32 Å². The Bertz CT molecular complexity index is 501. The maximum absolute atomic E-state index is 13.6. The van der Waals surface area contributed by atoms with Crippen LogP contribution in [0.15, 0.2) is 12.1 Å². The molecule has 20 heavy (non-hydrogen) atoms. The van der Waals surface area contributed by atoms with Gasteiger partial charge in [0.05, 0.1) is 11.2 Å². The summed E-state index contributed by atoms with van der Waals surface area (Å²) in [6.45, 7) is 6.89. The van der Waals surface area contributed by atoms with Crippen LogP contribution in [0.25, 0.3) is 0 Å². The van der Waals surface area contributed by atoms with E-state index in [2.05, 4.69) is 5.32 Å². The van der Waals surface area contributed by atoms with Crippen LogP contribution in [-0.4, -0.2) is 23.2 Å². The van der Waals surface area contributed by atoms with Gasteiger partial charge in [0.1, 0.15) is 11.6 Å². The van der Waals surface area contributed by atoms with Crippen molar-refractivity contribution in [2.45, 2.75) is 39.7 Å². The Morgan fingerprint density at radius 3 is 2.55 bits per heavy atom. The first-order chi connectivity index (χ1) is 9.19. The Morgan fingerprint density at radius 1 is 1.40 bits per heavy atom. The summed E-state index contributed by atoms with van der Waals surface area (Å²) in [5.41, 5.74) is -1.09. The van der Waals surface area contributed by atoms with Gasteiger partial charge in [-0.05, 0) is 31.4 Å². The fraction of sp³-hybridized carbons (Fsp3) is 0.533. The Kier molecular flexibility index (Phi) is 5.22. The molecule has 0 aromatic heterocycles. The molecular formula is C15H21F2NO2. The van der Waals surface area contributed by atoms with E-state index in [1.807, 2.05) is 13.8 Å².